The van der Waals surface area contributed by atoms with E-state index in [1.54, 1.807) is 19.1 Å². The van der Waals surface area contributed by atoms with Crippen molar-refractivity contribution in [2.24, 2.45) is 0 Å². The highest BCUT2D eigenvalue weighted by molar-refractivity contribution is 5.80. The van der Waals surface area contributed by atoms with Crippen molar-refractivity contribution in [2.45, 2.75) is 6.92 Å². The summed E-state index contributed by atoms with van der Waals surface area (Å²) in [6.45, 7) is 1.60. The first kappa shape index (κ1) is 8.71. The van der Waals surface area contributed by atoms with Crippen molar-refractivity contribution in [3.8, 4) is 5.75 Å². The summed E-state index contributed by atoms with van der Waals surface area (Å²) in [4.78, 5) is 10.4. The van der Waals surface area contributed by atoms with E-state index in [2.05, 4.69) is 0 Å². The van der Waals surface area contributed by atoms with Crippen LogP contribution in [0.2, 0.25) is 0 Å². The van der Waals surface area contributed by atoms with Crippen molar-refractivity contribution in [3.63, 3.8) is 0 Å². The van der Waals surface area contributed by atoms with Gasteiger partial charge in [-0.1, -0.05) is 6.07 Å². The van der Waals surface area contributed by atoms with Gasteiger partial charge in [-0.25, -0.2) is 4.39 Å². The number of halogens is 1. The standard InChI is InChI=1S/C9H9FO2/c1-6-3-4-8(12-2)7(5-11)9(6)10/h3-5H,1-2H3. The van der Waals surface area contributed by atoms with Crippen LogP contribution in [0.4, 0.5) is 4.39 Å². The van der Waals surface area contributed by atoms with Gasteiger partial charge in [0.15, 0.2) is 6.29 Å². The van der Waals surface area contributed by atoms with Crippen LogP contribution in [0, 0.1) is 12.7 Å². The zero-order valence-corrected chi connectivity index (χ0v) is 6.93. The van der Waals surface area contributed by atoms with Crippen molar-refractivity contribution < 1.29 is 13.9 Å². The van der Waals surface area contributed by atoms with E-state index >= 15 is 0 Å². The Morgan fingerprint density at radius 2 is 2.17 bits per heavy atom. The molecule has 0 saturated heterocycles. The van der Waals surface area contributed by atoms with Gasteiger partial charge in [0.05, 0.1) is 12.7 Å². The second-order valence-corrected chi connectivity index (χ2v) is 2.43. The fourth-order valence-corrected chi connectivity index (χ4v) is 0.972. The minimum absolute atomic E-state index is 0.0162. The number of ether oxygens (including phenoxy) is 1. The molecular weight excluding hydrogens is 159 g/mol. The Labute approximate surface area is 70.0 Å². The molecule has 0 unspecified atom stereocenters. The van der Waals surface area contributed by atoms with Gasteiger partial charge in [-0.05, 0) is 18.6 Å². The molecule has 0 atom stereocenters. The molecule has 0 aliphatic carbocycles. The van der Waals surface area contributed by atoms with E-state index < -0.39 is 5.82 Å². The molecule has 1 rings (SSSR count). The van der Waals surface area contributed by atoms with E-state index in [9.17, 15) is 9.18 Å². The number of hydrogen-bond acceptors (Lipinski definition) is 2. The molecule has 1 aromatic rings. The van der Waals surface area contributed by atoms with Crippen LogP contribution in [0.15, 0.2) is 12.1 Å². The Bertz CT molecular complexity index is 308. The number of benzene rings is 1. The SMILES string of the molecule is COc1ccc(C)c(F)c1C=O. The van der Waals surface area contributed by atoms with Crippen LogP contribution in [-0.2, 0) is 0 Å². The lowest BCUT2D eigenvalue weighted by Crippen LogP contribution is -1.96. The summed E-state index contributed by atoms with van der Waals surface area (Å²) in [5.41, 5.74) is 0.426. The van der Waals surface area contributed by atoms with Crippen LogP contribution in [0.25, 0.3) is 0 Å². The number of carbonyl (C=O) groups is 1. The first-order valence-electron chi connectivity index (χ1n) is 3.49. The smallest absolute Gasteiger partial charge is 0.156 e. The molecule has 0 radical (unpaired) electrons. The Kier molecular flexibility index (Phi) is 2.43. The van der Waals surface area contributed by atoms with Gasteiger partial charge in [0.1, 0.15) is 11.6 Å². The predicted molar refractivity (Wildman–Crippen MR) is 43.1 cm³/mol. The second-order valence-electron chi connectivity index (χ2n) is 2.43. The summed E-state index contributed by atoms with van der Waals surface area (Å²) in [7, 11) is 1.40. The molecule has 0 heterocycles. The maximum atomic E-state index is 13.1. The maximum Gasteiger partial charge on any atom is 0.156 e. The quantitative estimate of drug-likeness (QED) is 0.631. The van der Waals surface area contributed by atoms with E-state index in [4.69, 9.17) is 4.74 Å². The third kappa shape index (κ3) is 1.30. The minimum Gasteiger partial charge on any atom is -0.496 e. The van der Waals surface area contributed by atoms with E-state index in [-0.39, 0.29) is 11.3 Å². The van der Waals surface area contributed by atoms with Gasteiger partial charge in [0, 0.05) is 0 Å². The third-order valence-corrected chi connectivity index (χ3v) is 1.67. The number of methoxy groups -OCH3 is 1. The maximum absolute atomic E-state index is 13.1. The number of aldehydes is 1. The molecule has 0 aliphatic rings. The van der Waals surface area contributed by atoms with Crippen molar-refractivity contribution in [1.29, 1.82) is 0 Å². The molecule has 0 fully saturated rings. The van der Waals surface area contributed by atoms with E-state index in [0.29, 0.717) is 11.8 Å². The Hall–Kier alpha value is -1.38. The summed E-state index contributed by atoms with van der Waals surface area (Å²) < 4.78 is 17.9. The fourth-order valence-electron chi connectivity index (χ4n) is 0.972. The van der Waals surface area contributed by atoms with Crippen LogP contribution in [-0.4, -0.2) is 13.4 Å². The Morgan fingerprint density at radius 3 is 2.67 bits per heavy atom. The molecule has 1 aromatic carbocycles. The van der Waals surface area contributed by atoms with Crippen LogP contribution < -0.4 is 4.74 Å². The summed E-state index contributed by atoms with van der Waals surface area (Å²) >= 11 is 0. The van der Waals surface area contributed by atoms with Crippen molar-refractivity contribution >= 4 is 6.29 Å². The van der Waals surface area contributed by atoms with Gasteiger partial charge in [0.25, 0.3) is 0 Å². The molecule has 0 spiro atoms. The Balaban J connectivity index is 3.35. The van der Waals surface area contributed by atoms with E-state index in [1.165, 1.54) is 7.11 Å². The highest BCUT2D eigenvalue weighted by Gasteiger charge is 2.09. The van der Waals surface area contributed by atoms with Crippen LogP contribution in [0.3, 0.4) is 0 Å². The lowest BCUT2D eigenvalue weighted by atomic mass is 10.1. The molecule has 2 nitrogen and oxygen atoms in total. The van der Waals surface area contributed by atoms with Crippen LogP contribution >= 0.6 is 0 Å². The molecule has 0 amide bonds. The van der Waals surface area contributed by atoms with Gasteiger partial charge < -0.3 is 4.74 Å². The average Bonchev–Trinajstić information content (AvgIpc) is 2.09. The molecule has 64 valence electrons. The molecule has 0 aromatic heterocycles. The normalized spacial score (nSPS) is 9.58. The minimum atomic E-state index is -0.510. The summed E-state index contributed by atoms with van der Waals surface area (Å²) in [5.74, 6) is -0.238. The molecule has 12 heavy (non-hydrogen) atoms. The summed E-state index contributed by atoms with van der Waals surface area (Å²) in [6.07, 6.45) is 0.459. The summed E-state index contributed by atoms with van der Waals surface area (Å²) in [5, 5.41) is 0. The number of rotatable bonds is 2. The molecule has 0 aliphatic heterocycles. The largest absolute Gasteiger partial charge is 0.496 e. The highest BCUT2D eigenvalue weighted by atomic mass is 19.1. The molecular formula is C9H9FO2. The lowest BCUT2D eigenvalue weighted by Gasteiger charge is -2.05. The summed E-state index contributed by atoms with van der Waals surface area (Å²) in [6, 6.07) is 3.14. The Morgan fingerprint density at radius 1 is 1.50 bits per heavy atom. The zero-order valence-electron chi connectivity index (χ0n) is 6.93. The average molecular weight is 168 g/mol. The topological polar surface area (TPSA) is 26.3 Å². The highest BCUT2D eigenvalue weighted by Crippen LogP contribution is 2.21. The van der Waals surface area contributed by atoms with E-state index in [0.717, 1.165) is 0 Å². The first-order chi connectivity index (χ1) is 5.70. The molecule has 0 bridgehead atoms. The fraction of sp³-hybridized carbons (Fsp3) is 0.222. The predicted octanol–water partition coefficient (Wildman–Crippen LogP) is 1.96. The van der Waals surface area contributed by atoms with Gasteiger partial charge >= 0.3 is 0 Å². The van der Waals surface area contributed by atoms with E-state index in [1.807, 2.05) is 0 Å². The van der Waals surface area contributed by atoms with Crippen LogP contribution in [0.1, 0.15) is 15.9 Å². The van der Waals surface area contributed by atoms with Crippen molar-refractivity contribution in [3.05, 3.63) is 29.1 Å². The van der Waals surface area contributed by atoms with Crippen molar-refractivity contribution in [1.82, 2.24) is 0 Å². The molecule has 3 heteroatoms. The number of hydrogen-bond donors (Lipinski definition) is 0. The third-order valence-electron chi connectivity index (χ3n) is 1.67. The zero-order chi connectivity index (χ0) is 9.14. The van der Waals surface area contributed by atoms with Gasteiger partial charge in [-0.3, -0.25) is 4.79 Å². The molecule has 0 saturated carbocycles. The van der Waals surface area contributed by atoms with Gasteiger partial charge in [0.2, 0.25) is 0 Å². The van der Waals surface area contributed by atoms with Gasteiger partial charge in [-0.15, -0.1) is 0 Å². The number of aryl methyl sites for hydroxylation is 1. The lowest BCUT2D eigenvalue weighted by molar-refractivity contribution is 0.111. The number of carbonyl (C=O) groups excluding carboxylic acids is 1. The first-order valence-corrected chi connectivity index (χ1v) is 3.49. The van der Waals surface area contributed by atoms with Crippen molar-refractivity contribution in [2.75, 3.05) is 7.11 Å². The van der Waals surface area contributed by atoms with Crippen LogP contribution in [0.5, 0.6) is 5.75 Å². The second kappa shape index (κ2) is 3.34. The molecule has 0 N–H and O–H groups in total. The monoisotopic (exact) mass is 168 g/mol. The van der Waals surface area contributed by atoms with Gasteiger partial charge in [-0.2, -0.15) is 0 Å².